The summed E-state index contributed by atoms with van der Waals surface area (Å²) in [7, 11) is -3.67. The molecule has 0 radical (unpaired) electrons. The number of aryl methyl sites for hydroxylation is 2. The highest BCUT2D eigenvalue weighted by molar-refractivity contribution is 7.89. The number of hydrazine groups is 1. The first-order valence-electron chi connectivity index (χ1n) is 10.9. The molecule has 2 N–H and O–H groups in total. The van der Waals surface area contributed by atoms with Crippen LogP contribution in [0.15, 0.2) is 47.4 Å². The first-order chi connectivity index (χ1) is 15.8. The monoisotopic (exact) mass is 473 g/mol. The van der Waals surface area contributed by atoms with Crippen molar-refractivity contribution in [1.82, 2.24) is 15.2 Å². The molecule has 0 bridgehead atoms. The molecule has 10 heteroatoms. The predicted molar refractivity (Wildman–Crippen MR) is 120 cm³/mol. The normalized spacial score (nSPS) is 18.0. The third kappa shape index (κ3) is 5.45. The van der Waals surface area contributed by atoms with E-state index in [4.69, 9.17) is 9.47 Å². The molecule has 2 amide bonds. The number of nitrogens with zero attached hydrogens (tertiary/aromatic N) is 1. The Morgan fingerprint density at radius 1 is 1.06 bits per heavy atom. The van der Waals surface area contributed by atoms with Gasteiger partial charge in [0.1, 0.15) is 0 Å². The Morgan fingerprint density at radius 2 is 1.82 bits per heavy atom. The third-order valence-corrected chi connectivity index (χ3v) is 7.70. The van der Waals surface area contributed by atoms with Gasteiger partial charge in [0.15, 0.2) is 11.5 Å². The quantitative estimate of drug-likeness (QED) is 0.620. The molecular formula is C23H27N3O6S. The molecule has 33 heavy (non-hydrogen) atoms. The van der Waals surface area contributed by atoms with Gasteiger partial charge in [0, 0.05) is 19.5 Å². The molecule has 0 unspecified atom stereocenters. The van der Waals surface area contributed by atoms with Crippen molar-refractivity contribution >= 4 is 21.8 Å². The van der Waals surface area contributed by atoms with Crippen LogP contribution in [-0.2, 0) is 26.0 Å². The molecule has 9 nitrogen and oxygen atoms in total. The van der Waals surface area contributed by atoms with E-state index < -0.39 is 21.8 Å². The van der Waals surface area contributed by atoms with Crippen LogP contribution in [0, 0.1) is 12.8 Å². The number of benzene rings is 2. The molecule has 1 atom stereocenters. The van der Waals surface area contributed by atoms with Gasteiger partial charge < -0.3 is 9.47 Å². The maximum absolute atomic E-state index is 12.9. The SMILES string of the molecule is Cc1ccc(S(=O)(=O)N2CCC[C@@H](C(=O)NNC(=O)CCc3ccc4c(c3)OCO4)C2)cc1. The van der Waals surface area contributed by atoms with Crippen LogP contribution in [-0.4, -0.2) is 44.4 Å². The van der Waals surface area contributed by atoms with Crippen molar-refractivity contribution in [3.63, 3.8) is 0 Å². The maximum atomic E-state index is 12.9. The minimum Gasteiger partial charge on any atom is -0.454 e. The van der Waals surface area contributed by atoms with Gasteiger partial charge in [-0.1, -0.05) is 23.8 Å². The Hall–Kier alpha value is -3.11. The zero-order valence-electron chi connectivity index (χ0n) is 18.4. The van der Waals surface area contributed by atoms with E-state index in [1.54, 1.807) is 30.3 Å². The number of ether oxygens (including phenoxy) is 2. The maximum Gasteiger partial charge on any atom is 0.243 e. The van der Waals surface area contributed by atoms with Gasteiger partial charge in [-0.3, -0.25) is 20.4 Å². The summed E-state index contributed by atoms with van der Waals surface area (Å²) >= 11 is 0. The van der Waals surface area contributed by atoms with Gasteiger partial charge in [0.05, 0.1) is 10.8 Å². The van der Waals surface area contributed by atoms with Crippen molar-refractivity contribution in [2.45, 2.75) is 37.5 Å². The molecule has 176 valence electrons. The van der Waals surface area contributed by atoms with E-state index in [0.717, 1.165) is 11.1 Å². The van der Waals surface area contributed by atoms with Crippen LogP contribution in [0.1, 0.15) is 30.4 Å². The van der Waals surface area contributed by atoms with Gasteiger partial charge >= 0.3 is 0 Å². The summed E-state index contributed by atoms with van der Waals surface area (Å²) in [6.07, 6.45) is 1.78. The van der Waals surface area contributed by atoms with Crippen LogP contribution < -0.4 is 20.3 Å². The van der Waals surface area contributed by atoms with Crippen LogP contribution in [0.2, 0.25) is 0 Å². The van der Waals surface area contributed by atoms with Gasteiger partial charge in [0.25, 0.3) is 0 Å². The number of fused-ring (bicyclic) bond motifs is 1. The van der Waals surface area contributed by atoms with Crippen LogP contribution in [0.5, 0.6) is 11.5 Å². The molecule has 2 aromatic carbocycles. The fourth-order valence-electron chi connectivity index (χ4n) is 3.88. The number of rotatable bonds is 6. The average molecular weight is 474 g/mol. The second-order valence-corrected chi connectivity index (χ2v) is 10.2. The fourth-order valence-corrected chi connectivity index (χ4v) is 5.41. The van der Waals surface area contributed by atoms with Crippen LogP contribution in [0.4, 0.5) is 0 Å². The Bertz CT molecular complexity index is 1130. The lowest BCUT2D eigenvalue weighted by Crippen LogP contribution is -2.50. The molecular weight excluding hydrogens is 446 g/mol. The van der Waals surface area contributed by atoms with Gasteiger partial charge in [0.2, 0.25) is 28.6 Å². The largest absolute Gasteiger partial charge is 0.454 e. The summed E-state index contributed by atoms with van der Waals surface area (Å²) in [4.78, 5) is 25.0. The van der Waals surface area contributed by atoms with Crippen molar-refractivity contribution in [3.8, 4) is 11.5 Å². The Balaban J connectivity index is 1.26. The third-order valence-electron chi connectivity index (χ3n) is 5.82. The molecule has 2 aliphatic heterocycles. The lowest BCUT2D eigenvalue weighted by atomic mass is 9.99. The zero-order chi connectivity index (χ0) is 23.4. The number of sulfonamides is 1. The van der Waals surface area contributed by atoms with Gasteiger partial charge in [-0.25, -0.2) is 8.42 Å². The highest BCUT2D eigenvalue weighted by Gasteiger charge is 2.33. The molecule has 1 fully saturated rings. The average Bonchev–Trinajstić information content (AvgIpc) is 3.29. The van der Waals surface area contributed by atoms with Gasteiger partial charge in [-0.05, 0) is 56.0 Å². The second-order valence-electron chi connectivity index (χ2n) is 8.24. The zero-order valence-corrected chi connectivity index (χ0v) is 19.2. The van der Waals surface area contributed by atoms with Crippen molar-refractivity contribution in [2.24, 2.45) is 5.92 Å². The Morgan fingerprint density at radius 3 is 2.61 bits per heavy atom. The van der Waals surface area contributed by atoms with Crippen molar-refractivity contribution in [3.05, 3.63) is 53.6 Å². The van der Waals surface area contributed by atoms with E-state index in [2.05, 4.69) is 10.9 Å². The van der Waals surface area contributed by atoms with Crippen LogP contribution >= 0.6 is 0 Å². The number of hydrogen-bond acceptors (Lipinski definition) is 6. The second kappa shape index (κ2) is 9.80. The Labute approximate surface area is 193 Å². The molecule has 0 saturated carbocycles. The minimum atomic E-state index is -3.67. The predicted octanol–water partition coefficient (Wildman–Crippen LogP) is 1.90. The fraction of sp³-hybridized carbons (Fsp3) is 0.391. The number of hydrogen-bond donors (Lipinski definition) is 2. The number of carbonyl (C=O) groups is 2. The van der Waals surface area contributed by atoms with E-state index >= 15 is 0 Å². The smallest absolute Gasteiger partial charge is 0.243 e. The lowest BCUT2D eigenvalue weighted by Gasteiger charge is -2.31. The molecule has 1 saturated heterocycles. The Kier molecular flexibility index (Phi) is 6.85. The molecule has 0 aliphatic carbocycles. The summed E-state index contributed by atoms with van der Waals surface area (Å²) in [6.45, 7) is 2.52. The summed E-state index contributed by atoms with van der Waals surface area (Å²) < 4.78 is 37.8. The first kappa shape index (κ1) is 23.1. The van der Waals surface area contributed by atoms with E-state index in [1.165, 1.54) is 4.31 Å². The number of nitrogens with one attached hydrogen (secondary N) is 2. The molecule has 2 aromatic rings. The number of piperidine rings is 1. The highest BCUT2D eigenvalue weighted by atomic mass is 32.2. The molecule has 2 aliphatic rings. The standard InChI is InChI=1S/C23H27N3O6S/c1-16-4-8-19(9-5-16)33(29,30)26-12-2-3-18(14-26)23(28)25-24-22(27)11-7-17-6-10-20-21(13-17)32-15-31-20/h4-6,8-10,13,18H,2-3,7,11-12,14-15H2,1H3,(H,24,27)(H,25,28)/t18-/m1/s1. The minimum absolute atomic E-state index is 0.0785. The van der Waals surface area contributed by atoms with Crippen LogP contribution in [0.3, 0.4) is 0 Å². The lowest BCUT2D eigenvalue weighted by molar-refractivity contribution is -0.132. The van der Waals surface area contributed by atoms with Gasteiger partial charge in [-0.15, -0.1) is 0 Å². The highest BCUT2D eigenvalue weighted by Crippen LogP contribution is 2.32. The number of amides is 2. The summed E-state index contributed by atoms with van der Waals surface area (Å²) in [5, 5.41) is 0. The molecule has 0 aromatic heterocycles. The van der Waals surface area contributed by atoms with E-state index in [-0.39, 0.29) is 30.6 Å². The molecule has 2 heterocycles. The summed E-state index contributed by atoms with van der Waals surface area (Å²) in [6, 6.07) is 12.2. The molecule has 4 rings (SSSR count). The van der Waals surface area contributed by atoms with Crippen molar-refractivity contribution < 1.29 is 27.5 Å². The summed E-state index contributed by atoms with van der Waals surface area (Å²) in [5.41, 5.74) is 6.77. The number of carbonyl (C=O) groups excluding carboxylic acids is 2. The van der Waals surface area contributed by atoms with Crippen molar-refractivity contribution in [1.29, 1.82) is 0 Å². The first-order valence-corrected chi connectivity index (χ1v) is 12.3. The van der Waals surface area contributed by atoms with Gasteiger partial charge in [-0.2, -0.15) is 4.31 Å². The topological polar surface area (TPSA) is 114 Å². The van der Waals surface area contributed by atoms with E-state index in [9.17, 15) is 18.0 Å². The van der Waals surface area contributed by atoms with Crippen LogP contribution in [0.25, 0.3) is 0 Å². The van der Waals surface area contributed by atoms with E-state index in [1.807, 2.05) is 19.1 Å². The van der Waals surface area contributed by atoms with E-state index in [0.29, 0.717) is 37.3 Å². The van der Waals surface area contributed by atoms with Crippen molar-refractivity contribution in [2.75, 3.05) is 19.9 Å². The summed E-state index contributed by atoms with van der Waals surface area (Å²) in [5.74, 6) is 0.0781. The molecule has 0 spiro atoms.